The Kier molecular flexibility index (Phi) is 5.81. The van der Waals surface area contributed by atoms with Gasteiger partial charge in [-0.05, 0) is 31.9 Å². The highest BCUT2D eigenvalue weighted by molar-refractivity contribution is 5.80. The van der Waals surface area contributed by atoms with Crippen LogP contribution < -0.4 is 10.6 Å². The summed E-state index contributed by atoms with van der Waals surface area (Å²) in [5.41, 5.74) is 2.06. The predicted octanol–water partition coefficient (Wildman–Crippen LogP) is 2.48. The summed E-state index contributed by atoms with van der Waals surface area (Å²) in [5, 5.41) is 6.74. The molecule has 2 aromatic rings. The molecule has 0 bridgehead atoms. The van der Waals surface area contributed by atoms with E-state index in [4.69, 9.17) is 0 Å². The molecule has 2 aromatic heterocycles. The highest BCUT2D eigenvalue weighted by Crippen LogP contribution is 2.05. The third-order valence-corrected chi connectivity index (χ3v) is 3.76. The molecular formula is C17H27N5. The molecule has 0 radical (unpaired) electrons. The number of fused-ring (bicyclic) bond motifs is 1. The van der Waals surface area contributed by atoms with Crippen LogP contribution in [0.1, 0.15) is 33.4 Å². The van der Waals surface area contributed by atoms with Gasteiger partial charge >= 0.3 is 0 Å². The zero-order valence-electron chi connectivity index (χ0n) is 14.0. The van der Waals surface area contributed by atoms with Crippen molar-refractivity contribution in [1.82, 2.24) is 20.0 Å². The van der Waals surface area contributed by atoms with E-state index < -0.39 is 0 Å². The van der Waals surface area contributed by atoms with Gasteiger partial charge in [0.15, 0.2) is 5.96 Å². The third-order valence-electron chi connectivity index (χ3n) is 3.76. The van der Waals surface area contributed by atoms with E-state index in [2.05, 4.69) is 54.5 Å². The lowest BCUT2D eigenvalue weighted by atomic mass is 10.1. The topological polar surface area (TPSA) is 53.7 Å². The predicted molar refractivity (Wildman–Crippen MR) is 92.3 cm³/mol. The molecule has 0 aromatic carbocycles. The molecule has 0 amide bonds. The molecule has 0 aliphatic rings. The maximum Gasteiger partial charge on any atom is 0.191 e. The third kappa shape index (κ3) is 4.48. The van der Waals surface area contributed by atoms with Gasteiger partial charge in [0, 0.05) is 37.9 Å². The van der Waals surface area contributed by atoms with E-state index in [9.17, 15) is 0 Å². The van der Waals surface area contributed by atoms with Crippen LogP contribution in [0, 0.1) is 5.92 Å². The number of aliphatic imine (C=N–C) groups is 1. The first-order valence-corrected chi connectivity index (χ1v) is 8.07. The number of nitrogens with one attached hydrogen (secondary N) is 2. The number of guanidine groups is 1. The zero-order valence-corrected chi connectivity index (χ0v) is 14.0. The van der Waals surface area contributed by atoms with Crippen LogP contribution in [0.5, 0.6) is 0 Å². The Bertz CT molecular complexity index is 581. The summed E-state index contributed by atoms with van der Waals surface area (Å²) >= 11 is 0. The van der Waals surface area contributed by atoms with Crippen molar-refractivity contribution in [3.05, 3.63) is 36.3 Å². The first-order chi connectivity index (χ1) is 10.6. The van der Waals surface area contributed by atoms with Crippen LogP contribution in [-0.2, 0) is 6.42 Å². The summed E-state index contributed by atoms with van der Waals surface area (Å²) in [5.74, 6) is 1.45. The number of imidazole rings is 1. The largest absolute Gasteiger partial charge is 0.357 e. The van der Waals surface area contributed by atoms with Crippen molar-refractivity contribution in [2.24, 2.45) is 10.9 Å². The van der Waals surface area contributed by atoms with Gasteiger partial charge in [-0.25, -0.2) is 4.98 Å². The molecule has 0 aliphatic carbocycles. The van der Waals surface area contributed by atoms with E-state index in [0.717, 1.165) is 36.8 Å². The van der Waals surface area contributed by atoms with Gasteiger partial charge in [0.05, 0.1) is 5.69 Å². The van der Waals surface area contributed by atoms with Crippen molar-refractivity contribution in [2.45, 2.75) is 40.2 Å². The molecule has 0 spiro atoms. The van der Waals surface area contributed by atoms with Crippen molar-refractivity contribution in [3.63, 3.8) is 0 Å². The molecule has 0 saturated heterocycles. The van der Waals surface area contributed by atoms with Crippen molar-refractivity contribution in [2.75, 3.05) is 13.1 Å². The summed E-state index contributed by atoms with van der Waals surface area (Å²) in [6.07, 6.45) is 4.93. The van der Waals surface area contributed by atoms with Gasteiger partial charge in [-0.15, -0.1) is 0 Å². The molecule has 120 valence electrons. The maximum absolute atomic E-state index is 4.65. The first-order valence-electron chi connectivity index (χ1n) is 8.07. The van der Waals surface area contributed by atoms with E-state index in [-0.39, 0.29) is 0 Å². The van der Waals surface area contributed by atoms with E-state index in [1.165, 1.54) is 0 Å². The molecule has 0 aliphatic heterocycles. The van der Waals surface area contributed by atoms with Crippen LogP contribution in [0.3, 0.4) is 0 Å². The Morgan fingerprint density at radius 2 is 2.14 bits per heavy atom. The Morgan fingerprint density at radius 3 is 2.82 bits per heavy atom. The van der Waals surface area contributed by atoms with Crippen molar-refractivity contribution >= 4 is 11.6 Å². The fourth-order valence-corrected chi connectivity index (χ4v) is 2.09. The van der Waals surface area contributed by atoms with Crippen LogP contribution in [0.25, 0.3) is 5.65 Å². The second kappa shape index (κ2) is 7.82. The minimum absolute atomic E-state index is 0.396. The quantitative estimate of drug-likeness (QED) is 0.636. The normalized spacial score (nSPS) is 13.6. The molecule has 0 fully saturated rings. The highest BCUT2D eigenvalue weighted by atomic mass is 15.2. The summed E-state index contributed by atoms with van der Waals surface area (Å²) in [7, 11) is 0. The van der Waals surface area contributed by atoms with E-state index >= 15 is 0 Å². The van der Waals surface area contributed by atoms with Crippen molar-refractivity contribution in [3.8, 4) is 0 Å². The van der Waals surface area contributed by atoms with Gasteiger partial charge in [0.25, 0.3) is 0 Å². The van der Waals surface area contributed by atoms with Crippen molar-refractivity contribution in [1.29, 1.82) is 0 Å². The molecule has 2 rings (SSSR count). The SMILES string of the molecule is CCNC(=NCCc1cn2ccccc2n1)NC(C)C(C)C. The van der Waals surface area contributed by atoms with Gasteiger partial charge in [-0.1, -0.05) is 19.9 Å². The molecule has 2 N–H and O–H groups in total. The van der Waals surface area contributed by atoms with Crippen LogP contribution in [0.15, 0.2) is 35.6 Å². The van der Waals surface area contributed by atoms with Gasteiger partial charge in [-0.3, -0.25) is 4.99 Å². The minimum Gasteiger partial charge on any atom is -0.357 e. The van der Waals surface area contributed by atoms with Crippen LogP contribution in [-0.4, -0.2) is 34.5 Å². The lowest BCUT2D eigenvalue weighted by Crippen LogP contribution is -2.44. The maximum atomic E-state index is 4.65. The summed E-state index contributed by atoms with van der Waals surface area (Å²) in [6, 6.07) is 6.43. The Morgan fingerprint density at radius 1 is 1.32 bits per heavy atom. The molecule has 1 unspecified atom stereocenters. The molecule has 0 saturated carbocycles. The minimum atomic E-state index is 0.396. The number of hydrogen-bond donors (Lipinski definition) is 2. The molecule has 1 atom stereocenters. The molecule has 5 heteroatoms. The molecular weight excluding hydrogens is 274 g/mol. The van der Waals surface area contributed by atoms with E-state index in [0.29, 0.717) is 12.0 Å². The van der Waals surface area contributed by atoms with Crippen LogP contribution >= 0.6 is 0 Å². The fourth-order valence-electron chi connectivity index (χ4n) is 2.09. The number of hydrogen-bond acceptors (Lipinski definition) is 2. The van der Waals surface area contributed by atoms with E-state index in [1.54, 1.807) is 0 Å². The number of aromatic nitrogens is 2. The van der Waals surface area contributed by atoms with Gasteiger partial charge in [0.1, 0.15) is 5.65 Å². The number of pyridine rings is 1. The number of rotatable bonds is 6. The average Bonchev–Trinajstić information content (AvgIpc) is 2.89. The Labute approximate surface area is 132 Å². The average molecular weight is 301 g/mol. The standard InChI is InChI=1S/C17H27N5/c1-5-18-17(20-14(4)13(2)3)19-10-9-15-12-22-11-7-6-8-16(22)21-15/h6-8,11-14H,5,9-10H2,1-4H3,(H2,18,19,20). The first kappa shape index (κ1) is 16.3. The molecule has 5 nitrogen and oxygen atoms in total. The second-order valence-corrected chi connectivity index (χ2v) is 5.89. The lowest BCUT2D eigenvalue weighted by molar-refractivity contribution is 0.481. The Hall–Kier alpha value is -2.04. The number of nitrogens with zero attached hydrogens (tertiary/aromatic N) is 3. The molecule has 22 heavy (non-hydrogen) atoms. The van der Waals surface area contributed by atoms with Gasteiger partial charge in [-0.2, -0.15) is 0 Å². The zero-order chi connectivity index (χ0) is 15.9. The van der Waals surface area contributed by atoms with Crippen molar-refractivity contribution < 1.29 is 0 Å². The van der Waals surface area contributed by atoms with Gasteiger partial charge < -0.3 is 15.0 Å². The van der Waals surface area contributed by atoms with Crippen LogP contribution in [0.4, 0.5) is 0 Å². The second-order valence-electron chi connectivity index (χ2n) is 5.89. The lowest BCUT2D eigenvalue weighted by Gasteiger charge is -2.20. The Balaban J connectivity index is 1.95. The summed E-state index contributed by atoms with van der Waals surface area (Å²) < 4.78 is 2.04. The molecule has 2 heterocycles. The summed E-state index contributed by atoms with van der Waals surface area (Å²) in [4.78, 5) is 9.24. The van der Waals surface area contributed by atoms with Crippen LogP contribution in [0.2, 0.25) is 0 Å². The van der Waals surface area contributed by atoms with Gasteiger partial charge in [0.2, 0.25) is 0 Å². The summed E-state index contributed by atoms with van der Waals surface area (Å²) in [6.45, 7) is 10.3. The highest BCUT2D eigenvalue weighted by Gasteiger charge is 2.08. The fraction of sp³-hybridized carbons (Fsp3) is 0.529. The monoisotopic (exact) mass is 301 g/mol. The smallest absolute Gasteiger partial charge is 0.191 e. The van der Waals surface area contributed by atoms with E-state index in [1.807, 2.05) is 28.8 Å².